The Labute approximate surface area is 95.5 Å². The molecular weight excluding hydrogens is 262 g/mol. The first-order valence-electron chi connectivity index (χ1n) is 4.09. The Morgan fingerprint density at radius 1 is 1.60 bits per heavy atom. The van der Waals surface area contributed by atoms with E-state index in [-0.39, 0.29) is 5.75 Å². The Morgan fingerprint density at radius 3 is 2.80 bits per heavy atom. The number of primary amides is 1. The Bertz CT molecular complexity index is 415. The van der Waals surface area contributed by atoms with Crippen molar-refractivity contribution in [1.82, 2.24) is 0 Å². The molecule has 1 aromatic carbocycles. The zero-order valence-corrected chi connectivity index (χ0v) is 9.61. The normalized spacial score (nSPS) is 10.5. The van der Waals surface area contributed by atoms with Crippen molar-refractivity contribution < 1.29 is 14.6 Å². The van der Waals surface area contributed by atoms with Gasteiger partial charge in [-0.15, -0.1) is 0 Å². The maximum absolute atomic E-state index is 10.5. The van der Waals surface area contributed by atoms with Crippen LogP contribution in [-0.4, -0.2) is 18.1 Å². The molecule has 15 heavy (non-hydrogen) atoms. The van der Waals surface area contributed by atoms with Gasteiger partial charge in [-0.05, 0) is 39.7 Å². The Morgan fingerprint density at radius 2 is 2.27 bits per heavy atom. The molecule has 80 valence electrons. The number of halogens is 1. The van der Waals surface area contributed by atoms with Crippen molar-refractivity contribution in [2.45, 2.75) is 0 Å². The molecule has 0 heterocycles. The number of methoxy groups -OCH3 is 1. The maximum Gasteiger partial charge on any atom is 0.241 e. The minimum atomic E-state index is -0.544. The highest BCUT2D eigenvalue weighted by atomic mass is 79.9. The highest BCUT2D eigenvalue weighted by molar-refractivity contribution is 9.10. The predicted octanol–water partition coefficient (Wildman–Crippen LogP) is 1.66. The lowest BCUT2D eigenvalue weighted by molar-refractivity contribution is -0.113. The summed E-state index contributed by atoms with van der Waals surface area (Å²) in [6.45, 7) is 0. The van der Waals surface area contributed by atoms with Gasteiger partial charge in [-0.1, -0.05) is 0 Å². The monoisotopic (exact) mass is 271 g/mol. The van der Waals surface area contributed by atoms with Gasteiger partial charge in [0.15, 0.2) is 11.5 Å². The van der Waals surface area contributed by atoms with Crippen LogP contribution in [0, 0.1) is 0 Å². The van der Waals surface area contributed by atoms with Crippen molar-refractivity contribution in [3.8, 4) is 11.5 Å². The largest absolute Gasteiger partial charge is 0.503 e. The average molecular weight is 272 g/mol. The number of hydrogen-bond acceptors (Lipinski definition) is 3. The van der Waals surface area contributed by atoms with Crippen molar-refractivity contribution in [3.63, 3.8) is 0 Å². The summed E-state index contributed by atoms with van der Waals surface area (Å²) in [5, 5.41) is 9.62. The minimum absolute atomic E-state index is 0.0101. The van der Waals surface area contributed by atoms with Crippen LogP contribution in [-0.2, 0) is 4.79 Å². The Balaban J connectivity index is 3.12. The predicted molar refractivity (Wildman–Crippen MR) is 60.6 cm³/mol. The van der Waals surface area contributed by atoms with Gasteiger partial charge in [0.2, 0.25) is 5.91 Å². The molecule has 0 radical (unpaired) electrons. The average Bonchev–Trinajstić information content (AvgIpc) is 2.20. The fourth-order valence-electron chi connectivity index (χ4n) is 1.03. The number of hydrogen-bond donors (Lipinski definition) is 2. The third-order valence-corrected chi connectivity index (χ3v) is 2.59. The molecule has 1 rings (SSSR count). The van der Waals surface area contributed by atoms with E-state index in [1.54, 1.807) is 12.1 Å². The van der Waals surface area contributed by atoms with E-state index in [0.29, 0.717) is 15.8 Å². The Kier molecular flexibility index (Phi) is 3.74. The third kappa shape index (κ3) is 2.73. The first-order chi connectivity index (χ1) is 7.06. The quantitative estimate of drug-likeness (QED) is 0.822. The molecule has 0 atom stereocenters. The van der Waals surface area contributed by atoms with Gasteiger partial charge in [-0.25, -0.2) is 0 Å². The van der Waals surface area contributed by atoms with Gasteiger partial charge < -0.3 is 15.6 Å². The van der Waals surface area contributed by atoms with Gasteiger partial charge in [0.1, 0.15) is 0 Å². The number of nitrogens with two attached hydrogens (primary N) is 1. The topological polar surface area (TPSA) is 72.5 Å². The van der Waals surface area contributed by atoms with Crippen molar-refractivity contribution in [3.05, 3.63) is 28.2 Å². The fourth-order valence-corrected chi connectivity index (χ4v) is 1.49. The van der Waals surface area contributed by atoms with E-state index in [0.717, 1.165) is 0 Å². The van der Waals surface area contributed by atoms with Crippen molar-refractivity contribution in [2.75, 3.05) is 7.11 Å². The van der Waals surface area contributed by atoms with Crippen molar-refractivity contribution in [1.29, 1.82) is 0 Å². The molecule has 5 heteroatoms. The summed E-state index contributed by atoms with van der Waals surface area (Å²) in [7, 11) is 1.46. The third-order valence-electron chi connectivity index (χ3n) is 1.76. The van der Waals surface area contributed by atoms with E-state index in [1.165, 1.54) is 19.3 Å². The van der Waals surface area contributed by atoms with Gasteiger partial charge in [0, 0.05) is 6.08 Å². The molecule has 0 aliphatic heterocycles. The second kappa shape index (κ2) is 4.84. The summed E-state index contributed by atoms with van der Waals surface area (Å²) in [6, 6.07) is 3.29. The van der Waals surface area contributed by atoms with Crippen LogP contribution in [0.1, 0.15) is 5.56 Å². The summed E-state index contributed by atoms with van der Waals surface area (Å²) in [5.74, 6) is -0.195. The SMILES string of the molecule is COc1ccc(C=CC(N)=O)c(Br)c1O. The van der Waals surface area contributed by atoms with Crippen LogP contribution in [0.4, 0.5) is 0 Å². The fraction of sp³-hybridized carbons (Fsp3) is 0.100. The zero-order chi connectivity index (χ0) is 11.4. The van der Waals surface area contributed by atoms with Crippen LogP contribution in [0.3, 0.4) is 0 Å². The first kappa shape index (κ1) is 11.6. The van der Waals surface area contributed by atoms with E-state index in [4.69, 9.17) is 10.5 Å². The number of carbonyl (C=O) groups is 1. The van der Waals surface area contributed by atoms with Crippen LogP contribution >= 0.6 is 15.9 Å². The van der Waals surface area contributed by atoms with Gasteiger partial charge >= 0.3 is 0 Å². The van der Waals surface area contributed by atoms with Crippen LogP contribution < -0.4 is 10.5 Å². The zero-order valence-electron chi connectivity index (χ0n) is 8.03. The highest BCUT2D eigenvalue weighted by Gasteiger charge is 2.08. The maximum atomic E-state index is 10.5. The van der Waals surface area contributed by atoms with Gasteiger partial charge in [-0.2, -0.15) is 0 Å². The molecule has 0 aliphatic rings. The molecular formula is C10H10BrNO3. The van der Waals surface area contributed by atoms with Gasteiger partial charge in [-0.3, -0.25) is 4.79 Å². The van der Waals surface area contributed by atoms with E-state index >= 15 is 0 Å². The molecule has 0 aromatic heterocycles. The molecule has 3 N–H and O–H groups in total. The van der Waals surface area contributed by atoms with E-state index in [9.17, 15) is 9.90 Å². The molecule has 0 saturated carbocycles. The molecule has 0 unspecified atom stereocenters. The number of carbonyl (C=O) groups excluding carboxylic acids is 1. The number of benzene rings is 1. The second-order valence-corrected chi connectivity index (χ2v) is 3.55. The summed E-state index contributed by atoms with van der Waals surface area (Å²) in [5.41, 5.74) is 5.60. The van der Waals surface area contributed by atoms with E-state index in [2.05, 4.69) is 15.9 Å². The van der Waals surface area contributed by atoms with Crippen LogP contribution in [0.5, 0.6) is 11.5 Å². The molecule has 0 bridgehead atoms. The lowest BCUT2D eigenvalue weighted by atomic mass is 10.2. The number of amides is 1. The van der Waals surface area contributed by atoms with Crippen LogP contribution in [0.25, 0.3) is 6.08 Å². The molecule has 0 saturated heterocycles. The van der Waals surface area contributed by atoms with Crippen molar-refractivity contribution in [2.24, 2.45) is 5.73 Å². The number of rotatable bonds is 3. The van der Waals surface area contributed by atoms with Crippen LogP contribution in [0.2, 0.25) is 0 Å². The molecule has 0 fully saturated rings. The van der Waals surface area contributed by atoms with Gasteiger partial charge in [0.05, 0.1) is 11.6 Å². The first-order valence-corrected chi connectivity index (χ1v) is 4.88. The lowest BCUT2D eigenvalue weighted by Gasteiger charge is -2.06. The second-order valence-electron chi connectivity index (χ2n) is 2.76. The number of aromatic hydroxyl groups is 1. The molecule has 0 spiro atoms. The summed E-state index contributed by atoms with van der Waals surface area (Å²) in [4.78, 5) is 10.5. The summed E-state index contributed by atoms with van der Waals surface area (Å²) in [6.07, 6.45) is 2.72. The van der Waals surface area contributed by atoms with Crippen molar-refractivity contribution >= 4 is 27.9 Å². The molecule has 1 amide bonds. The van der Waals surface area contributed by atoms with E-state index < -0.39 is 5.91 Å². The number of ether oxygens (including phenoxy) is 1. The molecule has 0 aliphatic carbocycles. The highest BCUT2D eigenvalue weighted by Crippen LogP contribution is 2.36. The van der Waals surface area contributed by atoms with E-state index in [1.807, 2.05) is 0 Å². The smallest absolute Gasteiger partial charge is 0.241 e. The Hall–Kier alpha value is -1.49. The molecule has 1 aromatic rings. The summed E-state index contributed by atoms with van der Waals surface area (Å²) < 4.78 is 5.37. The van der Waals surface area contributed by atoms with Crippen LogP contribution in [0.15, 0.2) is 22.7 Å². The number of phenols is 1. The standard InChI is InChI=1S/C10H10BrNO3/c1-15-7-4-2-6(3-5-8(12)13)9(11)10(7)14/h2-5,14H,1H3,(H2,12,13). The lowest BCUT2D eigenvalue weighted by Crippen LogP contribution is -2.05. The molecule has 4 nitrogen and oxygen atoms in total. The summed E-state index contributed by atoms with van der Waals surface area (Å²) >= 11 is 3.19. The number of phenolic OH excluding ortho intramolecular Hbond substituents is 1. The minimum Gasteiger partial charge on any atom is -0.503 e. The van der Waals surface area contributed by atoms with Gasteiger partial charge in [0.25, 0.3) is 0 Å².